The molecule has 0 amide bonds. The van der Waals surface area contributed by atoms with Gasteiger partial charge in [0.15, 0.2) is 0 Å². The first-order chi connectivity index (χ1) is 9.28. The Labute approximate surface area is 112 Å². The Morgan fingerprint density at radius 2 is 2.11 bits per heavy atom. The van der Waals surface area contributed by atoms with Crippen molar-refractivity contribution >= 4 is 10.9 Å². The minimum absolute atomic E-state index is 0.481. The number of nitrogens with zero attached hydrogens (tertiary/aromatic N) is 2. The van der Waals surface area contributed by atoms with Crippen molar-refractivity contribution in [2.45, 2.75) is 20.0 Å². The maximum Gasteiger partial charge on any atom is 0.0589 e. The van der Waals surface area contributed by atoms with Gasteiger partial charge in [0.25, 0.3) is 0 Å². The molecular weight excluding hydrogens is 234 g/mol. The molecule has 2 heterocycles. The van der Waals surface area contributed by atoms with Crippen molar-refractivity contribution in [3.63, 3.8) is 0 Å². The zero-order chi connectivity index (χ0) is 13.2. The van der Waals surface area contributed by atoms with Crippen LogP contribution in [0.25, 0.3) is 10.9 Å². The zero-order valence-electron chi connectivity index (χ0n) is 11.0. The van der Waals surface area contributed by atoms with Crippen molar-refractivity contribution in [3.8, 4) is 0 Å². The highest BCUT2D eigenvalue weighted by atomic mass is 15.0. The Kier molecular flexibility index (Phi) is 3.05. The molecule has 0 bridgehead atoms. The molecule has 0 fully saturated rings. The highest BCUT2D eigenvalue weighted by Crippen LogP contribution is 2.19. The number of pyridine rings is 1. The van der Waals surface area contributed by atoms with E-state index in [1.165, 1.54) is 22.0 Å². The van der Waals surface area contributed by atoms with Crippen molar-refractivity contribution in [1.82, 2.24) is 9.55 Å². The highest BCUT2D eigenvalue weighted by molar-refractivity contribution is 5.80. The van der Waals surface area contributed by atoms with Crippen LogP contribution in [0.2, 0.25) is 0 Å². The molecule has 0 aliphatic heterocycles. The molecule has 0 aliphatic rings. The molecule has 96 valence electrons. The summed E-state index contributed by atoms with van der Waals surface area (Å²) < 4.78 is 2.24. The monoisotopic (exact) mass is 251 g/mol. The lowest BCUT2D eigenvalue weighted by molar-refractivity contribution is 0.805. The Morgan fingerprint density at radius 1 is 1.21 bits per heavy atom. The first-order valence-electron chi connectivity index (χ1n) is 6.46. The van der Waals surface area contributed by atoms with Crippen molar-refractivity contribution in [1.29, 1.82) is 0 Å². The van der Waals surface area contributed by atoms with Crippen molar-refractivity contribution in [3.05, 3.63) is 65.6 Å². The topological polar surface area (TPSA) is 43.8 Å². The molecule has 0 atom stereocenters. The maximum atomic E-state index is 5.74. The number of fused-ring (bicyclic) bond motifs is 1. The number of hydrogen-bond donors (Lipinski definition) is 1. The summed E-state index contributed by atoms with van der Waals surface area (Å²) in [6.45, 7) is 3.41. The summed E-state index contributed by atoms with van der Waals surface area (Å²) >= 11 is 0. The lowest BCUT2D eigenvalue weighted by Crippen LogP contribution is -2.07. The lowest BCUT2D eigenvalue weighted by atomic mass is 10.1. The highest BCUT2D eigenvalue weighted by Gasteiger charge is 2.05. The largest absolute Gasteiger partial charge is 0.343 e. The van der Waals surface area contributed by atoms with Crippen molar-refractivity contribution in [2.24, 2.45) is 5.73 Å². The van der Waals surface area contributed by atoms with Gasteiger partial charge in [-0.1, -0.05) is 17.7 Å². The number of aromatic nitrogens is 2. The van der Waals surface area contributed by atoms with E-state index in [9.17, 15) is 0 Å². The summed E-state index contributed by atoms with van der Waals surface area (Å²) in [5.74, 6) is 0. The standard InChI is InChI=1S/C16H17N3/c1-12-4-5-16-13(9-12)6-8-19(16)11-14-3-2-7-18-15(14)10-17/h2-9H,10-11,17H2,1H3. The molecule has 2 aromatic heterocycles. The molecule has 3 aromatic rings. The van der Waals surface area contributed by atoms with E-state index in [0.29, 0.717) is 6.54 Å². The van der Waals surface area contributed by atoms with Crippen LogP contribution in [0, 0.1) is 6.92 Å². The van der Waals surface area contributed by atoms with E-state index in [2.05, 4.69) is 53.0 Å². The van der Waals surface area contributed by atoms with E-state index < -0.39 is 0 Å². The van der Waals surface area contributed by atoms with E-state index in [1.54, 1.807) is 6.20 Å². The zero-order valence-corrected chi connectivity index (χ0v) is 11.0. The van der Waals surface area contributed by atoms with Gasteiger partial charge in [0.1, 0.15) is 0 Å². The van der Waals surface area contributed by atoms with Gasteiger partial charge < -0.3 is 10.3 Å². The molecule has 0 spiro atoms. The summed E-state index contributed by atoms with van der Waals surface area (Å²) in [5.41, 5.74) is 10.4. The van der Waals surface area contributed by atoms with Crippen LogP contribution >= 0.6 is 0 Å². The van der Waals surface area contributed by atoms with Crippen LogP contribution in [-0.2, 0) is 13.1 Å². The second kappa shape index (κ2) is 4.86. The third-order valence-electron chi connectivity index (χ3n) is 3.45. The smallest absolute Gasteiger partial charge is 0.0589 e. The fourth-order valence-corrected chi connectivity index (χ4v) is 2.44. The molecule has 0 radical (unpaired) electrons. The Morgan fingerprint density at radius 3 is 2.95 bits per heavy atom. The molecule has 1 aromatic carbocycles. The van der Waals surface area contributed by atoms with Crippen LogP contribution in [-0.4, -0.2) is 9.55 Å². The quantitative estimate of drug-likeness (QED) is 0.778. The van der Waals surface area contributed by atoms with Crippen LogP contribution in [0.5, 0.6) is 0 Å². The number of rotatable bonds is 3. The van der Waals surface area contributed by atoms with Crippen molar-refractivity contribution in [2.75, 3.05) is 0 Å². The second-order valence-corrected chi connectivity index (χ2v) is 4.82. The van der Waals surface area contributed by atoms with Gasteiger partial charge >= 0.3 is 0 Å². The normalized spacial score (nSPS) is 11.1. The predicted molar refractivity (Wildman–Crippen MR) is 77.9 cm³/mol. The third kappa shape index (κ3) is 2.25. The van der Waals surface area contributed by atoms with E-state index in [0.717, 1.165) is 12.2 Å². The Hall–Kier alpha value is -2.13. The van der Waals surface area contributed by atoms with E-state index >= 15 is 0 Å². The van der Waals surface area contributed by atoms with Gasteiger partial charge in [0, 0.05) is 31.0 Å². The molecule has 3 nitrogen and oxygen atoms in total. The van der Waals surface area contributed by atoms with Gasteiger partial charge in [-0.2, -0.15) is 0 Å². The van der Waals surface area contributed by atoms with Crippen LogP contribution in [0.4, 0.5) is 0 Å². The van der Waals surface area contributed by atoms with Gasteiger partial charge in [-0.15, -0.1) is 0 Å². The summed E-state index contributed by atoms with van der Waals surface area (Å²) in [4.78, 5) is 4.33. The molecule has 3 heteroatoms. The lowest BCUT2D eigenvalue weighted by Gasteiger charge is -2.09. The molecule has 2 N–H and O–H groups in total. The molecule has 0 saturated heterocycles. The summed E-state index contributed by atoms with van der Waals surface area (Å²) in [6.07, 6.45) is 3.92. The molecular formula is C16H17N3. The first-order valence-corrected chi connectivity index (χ1v) is 6.46. The first kappa shape index (κ1) is 11.9. The third-order valence-corrected chi connectivity index (χ3v) is 3.45. The fraction of sp³-hybridized carbons (Fsp3) is 0.188. The Bertz CT molecular complexity index is 713. The molecule has 0 saturated carbocycles. The minimum atomic E-state index is 0.481. The molecule has 19 heavy (non-hydrogen) atoms. The SMILES string of the molecule is Cc1ccc2c(ccn2Cc2cccnc2CN)c1. The summed E-state index contributed by atoms with van der Waals surface area (Å²) in [5, 5.41) is 1.28. The molecule has 3 rings (SSSR count). The molecule has 0 aliphatic carbocycles. The molecule has 0 unspecified atom stereocenters. The van der Waals surface area contributed by atoms with Gasteiger partial charge in [-0.05, 0) is 42.1 Å². The van der Waals surface area contributed by atoms with Gasteiger partial charge in [-0.3, -0.25) is 4.98 Å². The van der Waals surface area contributed by atoms with Gasteiger partial charge in [0.05, 0.1) is 5.69 Å². The maximum absolute atomic E-state index is 5.74. The van der Waals surface area contributed by atoms with Crippen LogP contribution < -0.4 is 5.73 Å². The average Bonchev–Trinajstić information content (AvgIpc) is 2.82. The van der Waals surface area contributed by atoms with E-state index in [1.807, 2.05) is 6.07 Å². The second-order valence-electron chi connectivity index (χ2n) is 4.82. The minimum Gasteiger partial charge on any atom is -0.343 e. The number of hydrogen-bond acceptors (Lipinski definition) is 2. The van der Waals surface area contributed by atoms with Gasteiger partial charge in [0.2, 0.25) is 0 Å². The van der Waals surface area contributed by atoms with E-state index in [4.69, 9.17) is 5.73 Å². The van der Waals surface area contributed by atoms with Crippen LogP contribution in [0.1, 0.15) is 16.8 Å². The summed E-state index contributed by atoms with van der Waals surface area (Å²) in [6, 6.07) is 12.7. The fourth-order valence-electron chi connectivity index (χ4n) is 2.44. The van der Waals surface area contributed by atoms with Crippen LogP contribution in [0.15, 0.2) is 48.8 Å². The number of nitrogens with two attached hydrogens (primary N) is 1. The average molecular weight is 251 g/mol. The van der Waals surface area contributed by atoms with E-state index in [-0.39, 0.29) is 0 Å². The number of aryl methyl sites for hydroxylation is 1. The summed E-state index contributed by atoms with van der Waals surface area (Å²) in [7, 11) is 0. The van der Waals surface area contributed by atoms with Crippen molar-refractivity contribution < 1.29 is 0 Å². The number of benzene rings is 1. The van der Waals surface area contributed by atoms with Crippen LogP contribution in [0.3, 0.4) is 0 Å². The Balaban J connectivity index is 2.01. The van der Waals surface area contributed by atoms with Gasteiger partial charge in [-0.25, -0.2) is 0 Å². The predicted octanol–water partition coefficient (Wildman–Crippen LogP) is 2.85.